The lowest BCUT2D eigenvalue weighted by Crippen LogP contribution is -2.35. The van der Waals surface area contributed by atoms with E-state index in [1.165, 1.54) is 7.11 Å². The van der Waals surface area contributed by atoms with Crippen LogP contribution >= 0.6 is 0 Å². The van der Waals surface area contributed by atoms with Gasteiger partial charge >= 0.3 is 0 Å². The molecule has 7 nitrogen and oxygen atoms in total. The predicted molar refractivity (Wildman–Crippen MR) is 108 cm³/mol. The van der Waals surface area contributed by atoms with Gasteiger partial charge in [-0.2, -0.15) is 0 Å². The van der Waals surface area contributed by atoms with Gasteiger partial charge in [-0.25, -0.2) is 9.37 Å². The van der Waals surface area contributed by atoms with Crippen molar-refractivity contribution in [2.75, 3.05) is 19.0 Å². The van der Waals surface area contributed by atoms with Gasteiger partial charge in [0.15, 0.2) is 6.17 Å². The zero-order chi connectivity index (χ0) is 21.1. The zero-order valence-electron chi connectivity index (χ0n) is 16.5. The highest BCUT2D eigenvalue weighted by Crippen LogP contribution is 2.32. The van der Waals surface area contributed by atoms with E-state index < -0.39 is 23.9 Å². The van der Waals surface area contributed by atoms with Crippen LogP contribution in [0.4, 0.5) is 10.2 Å². The van der Waals surface area contributed by atoms with Crippen molar-refractivity contribution < 1.29 is 18.7 Å². The van der Waals surface area contributed by atoms with E-state index in [1.807, 2.05) is 6.92 Å². The van der Waals surface area contributed by atoms with Gasteiger partial charge in [-0.3, -0.25) is 9.59 Å². The maximum absolute atomic E-state index is 14.0. The van der Waals surface area contributed by atoms with Crippen LogP contribution in [0.15, 0.2) is 18.3 Å². The number of benzene rings is 1. The molecule has 3 unspecified atom stereocenters. The van der Waals surface area contributed by atoms with Gasteiger partial charge in [0.2, 0.25) is 0 Å². The number of methoxy groups -OCH3 is 1. The predicted octanol–water partition coefficient (Wildman–Crippen LogP) is 1.99. The summed E-state index contributed by atoms with van der Waals surface area (Å²) in [7, 11) is 1.45. The minimum atomic E-state index is -1.50. The fourth-order valence-electron chi connectivity index (χ4n) is 3.67. The molecule has 0 bridgehead atoms. The van der Waals surface area contributed by atoms with E-state index in [9.17, 15) is 14.0 Å². The van der Waals surface area contributed by atoms with Crippen LogP contribution in [-0.2, 0) is 4.79 Å². The third kappa shape index (κ3) is 3.81. The molecule has 0 saturated carbocycles. The number of carbonyl (C=O) groups is 2. The number of ether oxygens (including phenoxy) is 1. The number of primary amides is 1. The smallest absolute Gasteiger partial charge is 0.255 e. The Bertz CT molecular complexity index is 1030. The number of rotatable bonds is 6. The Morgan fingerprint density at radius 2 is 2.17 bits per heavy atom. The molecule has 4 N–H and O–H groups in total. The Labute approximate surface area is 168 Å². The average Bonchev–Trinajstić information content (AvgIpc) is 2.99. The summed E-state index contributed by atoms with van der Waals surface area (Å²) in [5, 5.41) is 7.25. The minimum Gasteiger partial charge on any atom is -0.496 e. The van der Waals surface area contributed by atoms with Gasteiger partial charge in [0, 0.05) is 29.4 Å². The standard InChI is InChI=1S/C21H23FN4O3/c1-4-6-11-9-24-20(25-10-16-12(5-2)18(22)21(28)26-16)14-8-17(29-3)15(19(23)27)7-13(11)14/h7-9,12,16,18H,5,10H2,1-3H3,(H2,23,27)(H,24,25)(H,26,28). The van der Waals surface area contributed by atoms with E-state index >= 15 is 0 Å². The number of pyridine rings is 1. The maximum Gasteiger partial charge on any atom is 0.255 e. The Balaban J connectivity index is 2.02. The van der Waals surface area contributed by atoms with Gasteiger partial charge in [0.05, 0.1) is 24.3 Å². The lowest BCUT2D eigenvalue weighted by molar-refractivity contribution is -0.123. The molecular formula is C21H23FN4O3. The summed E-state index contributed by atoms with van der Waals surface area (Å²) in [5.41, 5.74) is 6.36. The van der Waals surface area contributed by atoms with Crippen molar-refractivity contribution in [3.63, 3.8) is 0 Å². The highest BCUT2D eigenvalue weighted by Gasteiger charge is 2.41. The van der Waals surface area contributed by atoms with Crippen LogP contribution in [0, 0.1) is 17.8 Å². The van der Waals surface area contributed by atoms with Crippen LogP contribution < -0.4 is 21.1 Å². The Morgan fingerprint density at radius 3 is 2.79 bits per heavy atom. The topological polar surface area (TPSA) is 106 Å². The normalized spacial score (nSPS) is 20.7. The number of nitrogens with zero attached hydrogens (tertiary/aromatic N) is 1. The molecule has 29 heavy (non-hydrogen) atoms. The molecule has 2 amide bonds. The Morgan fingerprint density at radius 1 is 1.41 bits per heavy atom. The molecular weight excluding hydrogens is 375 g/mol. The summed E-state index contributed by atoms with van der Waals surface area (Å²) in [5.74, 6) is 5.04. The van der Waals surface area contributed by atoms with Crippen molar-refractivity contribution in [3.05, 3.63) is 29.5 Å². The molecule has 1 saturated heterocycles. The lowest BCUT2D eigenvalue weighted by Gasteiger charge is -2.20. The number of hydrogen-bond acceptors (Lipinski definition) is 5. The van der Waals surface area contributed by atoms with Gasteiger partial charge in [0.1, 0.15) is 11.6 Å². The molecule has 2 aromatic rings. The van der Waals surface area contributed by atoms with Crippen molar-refractivity contribution in [3.8, 4) is 17.6 Å². The number of aromatic nitrogens is 1. The molecule has 0 aliphatic carbocycles. The lowest BCUT2D eigenvalue weighted by atomic mass is 9.96. The van der Waals surface area contributed by atoms with Crippen LogP contribution in [-0.4, -0.2) is 42.7 Å². The molecule has 1 fully saturated rings. The second-order valence-corrected chi connectivity index (χ2v) is 6.83. The summed E-state index contributed by atoms with van der Waals surface area (Å²) in [6.45, 7) is 3.87. The van der Waals surface area contributed by atoms with Gasteiger partial charge in [-0.05, 0) is 25.5 Å². The molecule has 3 atom stereocenters. The van der Waals surface area contributed by atoms with Crippen molar-refractivity contribution >= 4 is 28.4 Å². The number of amides is 2. The van der Waals surface area contributed by atoms with E-state index in [4.69, 9.17) is 10.5 Å². The molecule has 0 radical (unpaired) electrons. The number of alkyl halides is 1. The summed E-state index contributed by atoms with van der Waals surface area (Å²) in [4.78, 5) is 27.9. The van der Waals surface area contributed by atoms with Crippen molar-refractivity contribution in [2.24, 2.45) is 11.7 Å². The minimum absolute atomic E-state index is 0.241. The summed E-state index contributed by atoms with van der Waals surface area (Å²) >= 11 is 0. The molecule has 1 aliphatic heterocycles. The van der Waals surface area contributed by atoms with Crippen molar-refractivity contribution in [2.45, 2.75) is 32.5 Å². The Hall–Kier alpha value is -3.34. The highest BCUT2D eigenvalue weighted by molar-refractivity contribution is 6.04. The summed E-state index contributed by atoms with van der Waals surface area (Å²) in [6, 6.07) is 2.96. The summed E-state index contributed by atoms with van der Waals surface area (Å²) in [6.07, 6.45) is 0.638. The third-order valence-electron chi connectivity index (χ3n) is 5.16. The number of nitrogens with one attached hydrogen (secondary N) is 2. The zero-order valence-corrected chi connectivity index (χ0v) is 16.5. The molecule has 1 aromatic heterocycles. The maximum atomic E-state index is 14.0. The van der Waals surface area contributed by atoms with E-state index in [1.54, 1.807) is 25.3 Å². The van der Waals surface area contributed by atoms with Gasteiger partial charge < -0.3 is 21.1 Å². The number of hydrogen-bond donors (Lipinski definition) is 3. The third-order valence-corrected chi connectivity index (χ3v) is 5.16. The van der Waals surface area contributed by atoms with E-state index in [0.717, 1.165) is 0 Å². The second-order valence-electron chi connectivity index (χ2n) is 6.83. The first kappa shape index (κ1) is 20.4. The molecule has 3 rings (SSSR count). The first-order valence-electron chi connectivity index (χ1n) is 9.32. The Kier molecular flexibility index (Phi) is 5.87. The van der Waals surface area contributed by atoms with Crippen LogP contribution in [0.3, 0.4) is 0 Å². The largest absolute Gasteiger partial charge is 0.496 e. The van der Waals surface area contributed by atoms with Crippen LogP contribution in [0.25, 0.3) is 10.8 Å². The first-order valence-corrected chi connectivity index (χ1v) is 9.32. The second kappa shape index (κ2) is 8.35. The monoisotopic (exact) mass is 398 g/mol. The van der Waals surface area contributed by atoms with Gasteiger partial charge in [-0.15, -0.1) is 5.92 Å². The molecule has 0 spiro atoms. The number of fused-ring (bicyclic) bond motifs is 1. The van der Waals surface area contributed by atoms with Crippen LogP contribution in [0.5, 0.6) is 5.75 Å². The number of nitrogens with two attached hydrogens (primary N) is 1. The quantitative estimate of drug-likeness (QED) is 0.645. The molecule has 8 heteroatoms. The van der Waals surface area contributed by atoms with Crippen LogP contribution in [0.2, 0.25) is 0 Å². The molecule has 1 aliphatic rings. The molecule has 2 heterocycles. The average molecular weight is 398 g/mol. The number of halogens is 1. The van der Waals surface area contributed by atoms with E-state index in [2.05, 4.69) is 27.5 Å². The number of anilines is 1. The SMILES string of the molecule is CC#Cc1cnc(NCC2NC(=O)C(F)C2CC)c2cc(OC)c(C(N)=O)cc12. The van der Waals surface area contributed by atoms with Gasteiger partial charge in [0.25, 0.3) is 11.8 Å². The fourth-order valence-corrected chi connectivity index (χ4v) is 3.67. The number of carbonyl (C=O) groups excluding carboxylic acids is 2. The molecule has 152 valence electrons. The van der Waals surface area contributed by atoms with Crippen molar-refractivity contribution in [1.82, 2.24) is 10.3 Å². The summed E-state index contributed by atoms with van der Waals surface area (Å²) < 4.78 is 19.3. The van der Waals surface area contributed by atoms with Gasteiger partial charge in [-0.1, -0.05) is 12.8 Å². The van der Waals surface area contributed by atoms with E-state index in [-0.39, 0.29) is 11.6 Å². The first-order chi connectivity index (χ1) is 13.9. The molecule has 1 aromatic carbocycles. The highest BCUT2D eigenvalue weighted by atomic mass is 19.1. The van der Waals surface area contributed by atoms with Crippen LogP contribution in [0.1, 0.15) is 36.2 Å². The fraction of sp³-hybridized carbons (Fsp3) is 0.381. The van der Waals surface area contributed by atoms with E-state index in [0.29, 0.717) is 40.9 Å². The van der Waals surface area contributed by atoms with Crippen molar-refractivity contribution in [1.29, 1.82) is 0 Å².